The Morgan fingerprint density at radius 3 is 2.31 bits per heavy atom. The van der Waals surface area contributed by atoms with Crippen molar-refractivity contribution < 1.29 is 33.3 Å². The number of pyridine rings is 1. The van der Waals surface area contributed by atoms with Gasteiger partial charge in [-0.3, -0.25) is 14.4 Å². The average Bonchev–Trinajstić information content (AvgIpc) is 2.98. The summed E-state index contributed by atoms with van der Waals surface area (Å²) in [6.45, 7) is 5.65. The smallest absolute Gasteiger partial charge is 0.303 e. The highest BCUT2D eigenvalue weighted by atomic mass is 32.2. The van der Waals surface area contributed by atoms with Gasteiger partial charge in [0.05, 0.1) is 11.9 Å². The minimum Gasteiger partial charge on any atom is -0.474 e. The largest absolute Gasteiger partial charge is 0.474 e. The van der Waals surface area contributed by atoms with Crippen LogP contribution in [0.1, 0.15) is 26.5 Å². The maximum absolute atomic E-state index is 11.7. The van der Waals surface area contributed by atoms with Crippen LogP contribution in [0.15, 0.2) is 24.5 Å². The molecular formula is C19H22N2O7S. The minimum atomic E-state index is -0.981. The number of carbonyl (C=O) groups excluding carboxylic acids is 3. The van der Waals surface area contributed by atoms with Crippen molar-refractivity contribution >= 4 is 35.3 Å². The molecule has 0 saturated carbocycles. The van der Waals surface area contributed by atoms with E-state index in [2.05, 4.69) is 4.98 Å². The molecule has 3 rings (SSSR count). The molecule has 0 radical (unpaired) electrons. The second-order valence-corrected chi connectivity index (χ2v) is 7.76. The van der Waals surface area contributed by atoms with Crippen LogP contribution in [0, 0.1) is 6.92 Å². The van der Waals surface area contributed by atoms with Crippen molar-refractivity contribution in [2.75, 3.05) is 5.75 Å². The first-order valence-corrected chi connectivity index (χ1v) is 10.0. The molecule has 2 aromatic rings. The molecule has 1 aliphatic heterocycles. The number of aromatic nitrogens is 2. The lowest BCUT2D eigenvalue weighted by Gasteiger charge is -2.39. The molecule has 10 heteroatoms. The summed E-state index contributed by atoms with van der Waals surface area (Å²) in [4.78, 5) is 39.1. The first-order valence-electron chi connectivity index (χ1n) is 8.98. The van der Waals surface area contributed by atoms with Gasteiger partial charge in [-0.15, -0.1) is 11.8 Å². The van der Waals surface area contributed by atoms with Crippen LogP contribution in [0.4, 0.5) is 0 Å². The number of hydrogen-bond donors (Lipinski definition) is 0. The van der Waals surface area contributed by atoms with Crippen LogP contribution >= 0.6 is 11.8 Å². The maximum Gasteiger partial charge on any atom is 0.303 e. The van der Waals surface area contributed by atoms with Crippen molar-refractivity contribution in [1.82, 2.24) is 9.38 Å². The van der Waals surface area contributed by atoms with Crippen molar-refractivity contribution in [3.05, 3.63) is 30.2 Å². The van der Waals surface area contributed by atoms with Crippen LogP contribution in [0.3, 0.4) is 0 Å². The molecule has 2 aromatic heterocycles. The highest BCUT2D eigenvalue weighted by Crippen LogP contribution is 2.34. The van der Waals surface area contributed by atoms with Gasteiger partial charge in [-0.05, 0) is 19.1 Å². The maximum atomic E-state index is 11.7. The zero-order chi connectivity index (χ0) is 21.1. The third-order valence-electron chi connectivity index (χ3n) is 4.10. The number of carbonyl (C=O) groups is 3. The number of rotatable bonds is 5. The van der Waals surface area contributed by atoms with Gasteiger partial charge in [0.1, 0.15) is 11.4 Å². The third-order valence-corrected chi connectivity index (χ3v) is 5.32. The Morgan fingerprint density at radius 2 is 1.66 bits per heavy atom. The number of fused-ring (bicyclic) bond motifs is 1. The molecule has 1 fully saturated rings. The predicted octanol–water partition coefficient (Wildman–Crippen LogP) is 1.89. The first-order chi connectivity index (χ1) is 13.7. The Labute approximate surface area is 171 Å². The number of ether oxygens (including phenoxy) is 4. The highest BCUT2D eigenvalue weighted by Gasteiger charge is 2.47. The zero-order valence-corrected chi connectivity index (χ0v) is 17.3. The van der Waals surface area contributed by atoms with Crippen molar-refractivity contribution in [1.29, 1.82) is 0 Å². The standard InChI is InChI=1S/C19H22N2O7S/c1-10-7-21-8-14(5-6-16(21)20-10)28-19-18(27-13(4)24)17(26-12(3)23)15(9-29-19)25-11(2)22/h5-8,15,17-19H,9H2,1-4H3/t15-,17+,18-,19+/m1/s1. The Bertz CT molecular complexity index is 928. The van der Waals surface area contributed by atoms with Gasteiger partial charge in [-0.2, -0.15) is 0 Å². The third kappa shape index (κ3) is 5.20. The number of hydrogen-bond acceptors (Lipinski definition) is 9. The summed E-state index contributed by atoms with van der Waals surface area (Å²) in [5.41, 5.74) is 0.971. The van der Waals surface area contributed by atoms with E-state index in [1.165, 1.54) is 32.5 Å². The summed E-state index contributed by atoms with van der Waals surface area (Å²) >= 11 is 1.31. The number of aryl methyl sites for hydroxylation is 1. The van der Waals surface area contributed by atoms with E-state index < -0.39 is 41.7 Å². The Kier molecular flexibility index (Phi) is 6.31. The first kappa shape index (κ1) is 21.0. The molecule has 0 amide bonds. The quantitative estimate of drug-likeness (QED) is 0.527. The highest BCUT2D eigenvalue weighted by molar-refractivity contribution is 7.99. The lowest BCUT2D eigenvalue weighted by molar-refractivity contribution is -0.186. The van der Waals surface area contributed by atoms with E-state index >= 15 is 0 Å². The summed E-state index contributed by atoms with van der Waals surface area (Å²) in [5, 5.41) is 0. The van der Waals surface area contributed by atoms with Crippen LogP contribution in [0.2, 0.25) is 0 Å². The molecular weight excluding hydrogens is 400 g/mol. The lowest BCUT2D eigenvalue weighted by atomic mass is 10.1. The average molecular weight is 422 g/mol. The van der Waals surface area contributed by atoms with E-state index in [-0.39, 0.29) is 0 Å². The number of esters is 3. The minimum absolute atomic E-state index is 0.312. The molecule has 3 heterocycles. The molecule has 0 unspecified atom stereocenters. The second-order valence-electron chi connectivity index (χ2n) is 6.63. The van der Waals surface area contributed by atoms with E-state index in [0.717, 1.165) is 11.3 Å². The molecule has 4 atom stereocenters. The van der Waals surface area contributed by atoms with Crippen molar-refractivity contribution in [3.8, 4) is 5.75 Å². The van der Waals surface area contributed by atoms with Crippen LogP contribution in [0.5, 0.6) is 5.75 Å². The summed E-state index contributed by atoms with van der Waals surface area (Å²) < 4.78 is 23.9. The molecule has 0 aromatic carbocycles. The number of nitrogens with zero attached hydrogens (tertiary/aromatic N) is 2. The van der Waals surface area contributed by atoms with Crippen LogP contribution in [0.25, 0.3) is 5.65 Å². The second kappa shape index (κ2) is 8.73. The normalized spacial score (nSPS) is 24.0. The van der Waals surface area contributed by atoms with E-state index in [1.807, 2.05) is 23.6 Å². The molecule has 1 saturated heterocycles. The SMILES string of the molecule is CC(=O)O[C@@H]1[C@@H](OC(C)=O)[C@@H](Oc2ccc3nc(C)cn3c2)SC[C@H]1OC(C)=O. The Hall–Kier alpha value is -2.75. The van der Waals surface area contributed by atoms with E-state index in [1.54, 1.807) is 12.3 Å². The topological polar surface area (TPSA) is 105 Å². The van der Waals surface area contributed by atoms with Gasteiger partial charge < -0.3 is 23.3 Å². The van der Waals surface area contributed by atoms with E-state index in [9.17, 15) is 14.4 Å². The monoisotopic (exact) mass is 422 g/mol. The Morgan fingerprint density at radius 1 is 1.00 bits per heavy atom. The lowest BCUT2D eigenvalue weighted by Crippen LogP contribution is -2.55. The van der Waals surface area contributed by atoms with Crippen LogP contribution in [-0.4, -0.2) is 56.8 Å². The van der Waals surface area contributed by atoms with Gasteiger partial charge in [0, 0.05) is 32.7 Å². The van der Waals surface area contributed by atoms with Gasteiger partial charge in [-0.25, -0.2) is 4.98 Å². The molecule has 0 aliphatic carbocycles. The molecule has 29 heavy (non-hydrogen) atoms. The van der Waals surface area contributed by atoms with E-state index in [4.69, 9.17) is 18.9 Å². The Balaban J connectivity index is 1.87. The summed E-state index contributed by atoms with van der Waals surface area (Å²) in [7, 11) is 0. The summed E-state index contributed by atoms with van der Waals surface area (Å²) in [6.07, 6.45) is 0.924. The van der Waals surface area contributed by atoms with Gasteiger partial charge in [0.25, 0.3) is 0 Å². The number of imidazole rings is 1. The molecule has 0 N–H and O–H groups in total. The van der Waals surface area contributed by atoms with Gasteiger partial charge in [0.15, 0.2) is 23.7 Å². The van der Waals surface area contributed by atoms with Crippen molar-refractivity contribution in [2.45, 2.75) is 51.4 Å². The summed E-state index contributed by atoms with van der Waals surface area (Å²) in [6, 6.07) is 3.56. The summed E-state index contributed by atoms with van der Waals surface area (Å²) in [5.74, 6) is -0.825. The van der Waals surface area contributed by atoms with Gasteiger partial charge in [0.2, 0.25) is 0 Å². The van der Waals surface area contributed by atoms with Crippen LogP contribution in [-0.2, 0) is 28.6 Å². The van der Waals surface area contributed by atoms with Crippen molar-refractivity contribution in [2.24, 2.45) is 0 Å². The van der Waals surface area contributed by atoms with Crippen molar-refractivity contribution in [3.63, 3.8) is 0 Å². The fourth-order valence-electron chi connectivity index (χ4n) is 3.11. The van der Waals surface area contributed by atoms with E-state index in [0.29, 0.717) is 11.5 Å². The molecule has 156 valence electrons. The molecule has 0 bridgehead atoms. The predicted molar refractivity (Wildman–Crippen MR) is 103 cm³/mol. The zero-order valence-electron chi connectivity index (χ0n) is 16.5. The van der Waals surface area contributed by atoms with Gasteiger partial charge in [-0.1, -0.05) is 0 Å². The molecule has 0 spiro atoms. The fourth-order valence-corrected chi connectivity index (χ4v) is 4.33. The molecule has 9 nitrogen and oxygen atoms in total. The fraction of sp³-hybridized carbons (Fsp3) is 0.474. The van der Waals surface area contributed by atoms with Crippen LogP contribution < -0.4 is 4.74 Å². The number of thioether (sulfide) groups is 1. The van der Waals surface area contributed by atoms with Gasteiger partial charge >= 0.3 is 17.9 Å². The molecule has 1 aliphatic rings.